The average molecular weight is 326 g/mol. The van der Waals surface area contributed by atoms with Gasteiger partial charge in [-0.25, -0.2) is 14.4 Å². The van der Waals surface area contributed by atoms with Gasteiger partial charge in [0.1, 0.15) is 11.6 Å². The van der Waals surface area contributed by atoms with Crippen molar-refractivity contribution in [1.82, 2.24) is 15.3 Å². The van der Waals surface area contributed by atoms with E-state index in [0.29, 0.717) is 16.8 Å². The van der Waals surface area contributed by atoms with Crippen LogP contribution in [0.1, 0.15) is 12.5 Å². The summed E-state index contributed by atoms with van der Waals surface area (Å²) >= 11 is 3.20. The lowest BCUT2D eigenvalue weighted by molar-refractivity contribution is 0.436. The summed E-state index contributed by atoms with van der Waals surface area (Å²) in [4.78, 5) is 8.15. The summed E-state index contributed by atoms with van der Waals surface area (Å²) in [6, 6.07) is 4.48. The van der Waals surface area contributed by atoms with E-state index >= 15 is 0 Å². The van der Waals surface area contributed by atoms with Gasteiger partial charge in [0.25, 0.3) is 0 Å². The Morgan fingerprint density at radius 2 is 2.00 bits per heavy atom. The first-order valence-electron chi connectivity index (χ1n) is 5.83. The van der Waals surface area contributed by atoms with Gasteiger partial charge in [0.15, 0.2) is 0 Å². The molecule has 0 atom stereocenters. The Labute approximate surface area is 119 Å². The van der Waals surface area contributed by atoms with E-state index < -0.39 is 0 Å². The molecule has 0 aliphatic rings. The molecule has 0 spiro atoms. The first kappa shape index (κ1) is 13.9. The maximum Gasteiger partial charge on any atom is 0.321 e. The van der Waals surface area contributed by atoms with Crippen molar-refractivity contribution in [2.45, 2.75) is 13.5 Å². The molecule has 4 nitrogen and oxygen atoms in total. The molecule has 19 heavy (non-hydrogen) atoms. The molecule has 1 aromatic carbocycles. The molecular weight excluding hydrogens is 313 g/mol. The molecule has 1 aromatic heterocycles. The van der Waals surface area contributed by atoms with Gasteiger partial charge in [0.2, 0.25) is 0 Å². The highest BCUT2D eigenvalue weighted by Crippen LogP contribution is 2.23. The molecule has 0 fully saturated rings. The minimum Gasteiger partial charge on any atom is -0.424 e. The predicted molar refractivity (Wildman–Crippen MR) is 73.6 cm³/mol. The number of halogens is 2. The van der Waals surface area contributed by atoms with Crippen molar-refractivity contribution in [3.63, 3.8) is 0 Å². The fourth-order valence-electron chi connectivity index (χ4n) is 1.45. The molecule has 6 heteroatoms. The van der Waals surface area contributed by atoms with E-state index in [1.165, 1.54) is 12.1 Å². The zero-order valence-electron chi connectivity index (χ0n) is 10.4. The Morgan fingerprint density at radius 3 is 2.63 bits per heavy atom. The monoisotopic (exact) mass is 325 g/mol. The third-order valence-electron chi connectivity index (χ3n) is 2.31. The van der Waals surface area contributed by atoms with E-state index in [4.69, 9.17) is 4.74 Å². The molecule has 0 radical (unpaired) electrons. The third-order valence-corrected chi connectivity index (χ3v) is 2.76. The smallest absolute Gasteiger partial charge is 0.321 e. The van der Waals surface area contributed by atoms with Crippen LogP contribution < -0.4 is 10.1 Å². The zero-order chi connectivity index (χ0) is 13.7. The maximum atomic E-state index is 13.2. The lowest BCUT2D eigenvalue weighted by Gasteiger charge is -2.05. The van der Waals surface area contributed by atoms with E-state index in [2.05, 4.69) is 31.2 Å². The number of nitrogens with one attached hydrogen (secondary N) is 1. The summed E-state index contributed by atoms with van der Waals surface area (Å²) in [5.41, 5.74) is 0.967. The number of rotatable bonds is 5. The van der Waals surface area contributed by atoms with E-state index in [9.17, 15) is 4.39 Å². The Hall–Kier alpha value is -1.53. The van der Waals surface area contributed by atoms with Crippen molar-refractivity contribution >= 4 is 15.9 Å². The summed E-state index contributed by atoms with van der Waals surface area (Å²) in [7, 11) is 0. The van der Waals surface area contributed by atoms with Crippen LogP contribution >= 0.6 is 15.9 Å². The van der Waals surface area contributed by atoms with Gasteiger partial charge >= 0.3 is 6.01 Å². The van der Waals surface area contributed by atoms with Gasteiger partial charge in [0.05, 0.1) is 0 Å². The molecule has 0 amide bonds. The van der Waals surface area contributed by atoms with Crippen molar-refractivity contribution in [2.75, 3.05) is 6.54 Å². The van der Waals surface area contributed by atoms with Crippen LogP contribution in [0.25, 0.3) is 0 Å². The molecule has 2 aromatic rings. The van der Waals surface area contributed by atoms with Crippen LogP contribution in [0, 0.1) is 5.82 Å². The molecule has 0 unspecified atom stereocenters. The highest BCUT2D eigenvalue weighted by atomic mass is 79.9. The van der Waals surface area contributed by atoms with Crippen molar-refractivity contribution in [1.29, 1.82) is 0 Å². The van der Waals surface area contributed by atoms with E-state index in [-0.39, 0.29) is 11.8 Å². The standard InChI is InChI=1S/C13H13BrFN3O/c1-2-16-6-9-7-17-13(18-8-9)19-12-4-10(14)3-11(15)5-12/h3-5,7-8,16H,2,6H2,1H3. The first-order valence-corrected chi connectivity index (χ1v) is 6.62. The van der Waals surface area contributed by atoms with Crippen LogP contribution in [-0.4, -0.2) is 16.5 Å². The minimum absolute atomic E-state index is 0.192. The second-order valence-corrected chi connectivity index (χ2v) is 4.78. The fraction of sp³-hybridized carbons (Fsp3) is 0.231. The topological polar surface area (TPSA) is 47.0 Å². The minimum atomic E-state index is -0.381. The summed E-state index contributed by atoms with van der Waals surface area (Å²) in [6.07, 6.45) is 3.36. The molecule has 1 heterocycles. The molecule has 2 rings (SSSR count). The van der Waals surface area contributed by atoms with Crippen molar-refractivity contribution in [2.24, 2.45) is 0 Å². The van der Waals surface area contributed by atoms with Gasteiger partial charge in [-0.05, 0) is 18.7 Å². The second kappa shape index (κ2) is 6.58. The van der Waals surface area contributed by atoms with Gasteiger partial charge in [-0.15, -0.1) is 0 Å². The van der Waals surface area contributed by atoms with E-state index in [1.807, 2.05) is 6.92 Å². The average Bonchev–Trinajstić information content (AvgIpc) is 2.37. The Balaban J connectivity index is 2.06. The summed E-state index contributed by atoms with van der Waals surface area (Å²) in [5, 5.41) is 3.17. The number of hydrogen-bond donors (Lipinski definition) is 1. The fourth-order valence-corrected chi connectivity index (χ4v) is 1.89. The van der Waals surface area contributed by atoms with Crippen molar-refractivity contribution in [3.05, 3.63) is 46.4 Å². The van der Waals surface area contributed by atoms with Crippen LogP contribution in [-0.2, 0) is 6.54 Å². The molecule has 100 valence electrons. The third kappa shape index (κ3) is 4.25. The Bertz CT molecular complexity index is 528. The van der Waals surface area contributed by atoms with Gasteiger partial charge in [-0.2, -0.15) is 0 Å². The van der Waals surface area contributed by atoms with Crippen LogP contribution in [0.2, 0.25) is 0 Å². The second-order valence-electron chi connectivity index (χ2n) is 3.86. The normalized spacial score (nSPS) is 10.5. The zero-order valence-corrected chi connectivity index (χ0v) is 11.9. The Morgan fingerprint density at radius 1 is 1.26 bits per heavy atom. The Kier molecular flexibility index (Phi) is 4.81. The number of ether oxygens (including phenoxy) is 1. The SMILES string of the molecule is CCNCc1cnc(Oc2cc(F)cc(Br)c2)nc1. The lowest BCUT2D eigenvalue weighted by Crippen LogP contribution is -2.12. The van der Waals surface area contributed by atoms with Crippen LogP contribution in [0.15, 0.2) is 35.1 Å². The summed E-state index contributed by atoms with van der Waals surface area (Å²) < 4.78 is 19.2. The molecule has 0 bridgehead atoms. The highest BCUT2D eigenvalue weighted by Gasteiger charge is 2.04. The quantitative estimate of drug-likeness (QED) is 0.916. The summed E-state index contributed by atoms with van der Waals surface area (Å²) in [5.74, 6) is -0.0283. The first-order chi connectivity index (χ1) is 9.17. The van der Waals surface area contributed by atoms with Gasteiger partial charge < -0.3 is 10.1 Å². The van der Waals surface area contributed by atoms with Gasteiger partial charge in [-0.1, -0.05) is 22.9 Å². The summed E-state index contributed by atoms with van der Waals surface area (Å²) in [6.45, 7) is 3.62. The molecule has 0 aliphatic carbocycles. The van der Waals surface area contributed by atoms with Crippen LogP contribution in [0.5, 0.6) is 11.8 Å². The molecular formula is C13H13BrFN3O. The molecule has 0 saturated heterocycles. The lowest BCUT2D eigenvalue weighted by atomic mass is 10.3. The number of benzene rings is 1. The van der Waals surface area contributed by atoms with Gasteiger partial charge in [-0.3, -0.25) is 0 Å². The van der Waals surface area contributed by atoms with Crippen LogP contribution in [0.3, 0.4) is 0 Å². The number of nitrogens with zero attached hydrogens (tertiary/aromatic N) is 2. The van der Waals surface area contributed by atoms with Crippen molar-refractivity contribution < 1.29 is 9.13 Å². The van der Waals surface area contributed by atoms with E-state index in [0.717, 1.165) is 12.1 Å². The predicted octanol–water partition coefficient (Wildman–Crippen LogP) is 3.28. The molecule has 1 N–H and O–H groups in total. The largest absolute Gasteiger partial charge is 0.424 e. The van der Waals surface area contributed by atoms with Crippen molar-refractivity contribution in [3.8, 4) is 11.8 Å². The number of aromatic nitrogens is 2. The highest BCUT2D eigenvalue weighted by molar-refractivity contribution is 9.10. The number of hydrogen-bond acceptors (Lipinski definition) is 4. The van der Waals surface area contributed by atoms with Crippen LogP contribution in [0.4, 0.5) is 4.39 Å². The molecule has 0 aliphatic heterocycles. The van der Waals surface area contributed by atoms with Gasteiger partial charge in [0, 0.05) is 35.0 Å². The maximum absolute atomic E-state index is 13.2. The molecule has 0 saturated carbocycles. The van der Waals surface area contributed by atoms with E-state index in [1.54, 1.807) is 18.5 Å².